The van der Waals surface area contributed by atoms with Gasteiger partial charge in [-0.1, -0.05) is 6.07 Å². The summed E-state index contributed by atoms with van der Waals surface area (Å²) >= 11 is 0. The van der Waals surface area contributed by atoms with Crippen molar-refractivity contribution in [3.05, 3.63) is 63.1 Å². The summed E-state index contributed by atoms with van der Waals surface area (Å²) in [6, 6.07) is 3.19. The minimum absolute atomic E-state index is 0.0423. The molecule has 0 spiro atoms. The quantitative estimate of drug-likeness (QED) is 0.762. The number of nitrogens with zero attached hydrogens (tertiary/aromatic N) is 3. The molecule has 2 aliphatic rings. The lowest BCUT2D eigenvalue weighted by Gasteiger charge is -2.48. The number of nitrogens with one attached hydrogen (secondary N) is 1. The molecule has 1 saturated heterocycles. The lowest BCUT2D eigenvalue weighted by atomic mass is 10.0. The molecule has 2 aromatic rings. The van der Waals surface area contributed by atoms with Crippen LogP contribution in [0.3, 0.4) is 0 Å². The first-order valence-electron chi connectivity index (χ1n) is 9.90. The van der Waals surface area contributed by atoms with Gasteiger partial charge in [-0.3, -0.25) is 19.3 Å². The number of pyridine rings is 1. The van der Waals surface area contributed by atoms with Gasteiger partial charge in [0.25, 0.3) is 11.8 Å². The van der Waals surface area contributed by atoms with Crippen LogP contribution in [0.4, 0.5) is 8.78 Å². The molecule has 0 aliphatic carbocycles. The average Bonchev–Trinajstić information content (AvgIpc) is 2.72. The van der Waals surface area contributed by atoms with Gasteiger partial charge in [0.15, 0.2) is 11.4 Å². The second-order valence-corrected chi connectivity index (χ2v) is 7.92. The number of likely N-dealkylation sites (N-methyl/N-ethyl adjacent to an activating group) is 1. The normalized spacial score (nSPS) is 20.9. The maximum Gasteiger partial charge on any atom is 0.275 e. The minimum Gasteiger partial charge on any atom is -0.503 e. The van der Waals surface area contributed by atoms with Crippen LogP contribution in [0.2, 0.25) is 0 Å². The summed E-state index contributed by atoms with van der Waals surface area (Å²) in [5, 5.41) is 12.8. The third-order valence-corrected chi connectivity index (χ3v) is 6.09. The van der Waals surface area contributed by atoms with Crippen molar-refractivity contribution in [3.8, 4) is 5.75 Å². The predicted octanol–water partition coefficient (Wildman–Crippen LogP) is 1.27. The van der Waals surface area contributed by atoms with Crippen LogP contribution in [0.15, 0.2) is 29.2 Å². The molecule has 2 aliphatic heterocycles. The number of fused-ring (bicyclic) bond motifs is 2. The molecule has 8 nitrogen and oxygen atoms in total. The number of rotatable bonds is 3. The predicted molar refractivity (Wildman–Crippen MR) is 107 cm³/mol. The molecule has 1 fully saturated rings. The first-order chi connectivity index (χ1) is 14.7. The highest BCUT2D eigenvalue weighted by Crippen LogP contribution is 2.29. The number of benzene rings is 1. The van der Waals surface area contributed by atoms with Crippen LogP contribution in [-0.4, -0.2) is 57.1 Å². The van der Waals surface area contributed by atoms with Crippen molar-refractivity contribution in [1.82, 2.24) is 19.7 Å². The highest BCUT2D eigenvalue weighted by Gasteiger charge is 2.41. The Labute approximate surface area is 176 Å². The van der Waals surface area contributed by atoms with E-state index in [1.54, 1.807) is 4.90 Å². The van der Waals surface area contributed by atoms with Gasteiger partial charge < -0.3 is 19.9 Å². The van der Waals surface area contributed by atoms with Crippen LogP contribution in [0.25, 0.3) is 0 Å². The largest absolute Gasteiger partial charge is 0.503 e. The van der Waals surface area contributed by atoms with Gasteiger partial charge in [0, 0.05) is 37.0 Å². The molecule has 2 N–H and O–H groups in total. The van der Waals surface area contributed by atoms with Crippen molar-refractivity contribution < 1.29 is 23.5 Å². The van der Waals surface area contributed by atoms with Gasteiger partial charge in [-0.25, -0.2) is 8.78 Å². The lowest BCUT2D eigenvalue weighted by Crippen LogP contribution is -2.62. The van der Waals surface area contributed by atoms with Crippen molar-refractivity contribution in [1.29, 1.82) is 0 Å². The van der Waals surface area contributed by atoms with E-state index in [1.807, 2.05) is 18.9 Å². The number of amides is 2. The van der Waals surface area contributed by atoms with Crippen LogP contribution in [-0.2, 0) is 13.1 Å². The van der Waals surface area contributed by atoms with Gasteiger partial charge in [-0.2, -0.15) is 0 Å². The molecule has 0 saturated carbocycles. The SMILES string of the molecule is C[C@H]1CCN2C(=O)c3c(O)c(=O)c(C(=O)NCc4ccc(F)cc4F)cn3CC2N1C. The summed E-state index contributed by atoms with van der Waals surface area (Å²) in [5.41, 5.74) is -1.45. The number of carbonyl (C=O) groups is 2. The van der Waals surface area contributed by atoms with Crippen molar-refractivity contribution in [2.24, 2.45) is 0 Å². The third-order valence-electron chi connectivity index (χ3n) is 6.09. The molecule has 2 atom stereocenters. The van der Waals surface area contributed by atoms with E-state index in [0.717, 1.165) is 12.5 Å². The first kappa shape index (κ1) is 21.0. The van der Waals surface area contributed by atoms with E-state index >= 15 is 0 Å². The minimum atomic E-state index is -0.978. The van der Waals surface area contributed by atoms with Gasteiger partial charge >= 0.3 is 0 Å². The van der Waals surface area contributed by atoms with Gasteiger partial charge in [0.2, 0.25) is 5.43 Å². The summed E-state index contributed by atoms with van der Waals surface area (Å²) in [6.45, 7) is 2.56. The van der Waals surface area contributed by atoms with Crippen LogP contribution in [0, 0.1) is 11.6 Å². The highest BCUT2D eigenvalue weighted by molar-refractivity contribution is 5.99. The third kappa shape index (κ3) is 3.56. The maximum atomic E-state index is 13.8. The van der Waals surface area contributed by atoms with E-state index in [-0.39, 0.29) is 42.1 Å². The highest BCUT2D eigenvalue weighted by atomic mass is 19.1. The number of aromatic nitrogens is 1. The van der Waals surface area contributed by atoms with Gasteiger partial charge in [0.1, 0.15) is 23.4 Å². The van der Waals surface area contributed by atoms with Gasteiger partial charge in [0.05, 0.1) is 6.54 Å². The van der Waals surface area contributed by atoms with Crippen molar-refractivity contribution in [3.63, 3.8) is 0 Å². The van der Waals surface area contributed by atoms with Crippen molar-refractivity contribution >= 4 is 11.8 Å². The van der Waals surface area contributed by atoms with Crippen molar-refractivity contribution in [2.75, 3.05) is 13.6 Å². The maximum absolute atomic E-state index is 13.8. The molecular weight excluding hydrogens is 410 g/mol. The molecule has 3 heterocycles. The Kier molecular flexibility index (Phi) is 5.26. The van der Waals surface area contributed by atoms with E-state index in [2.05, 4.69) is 5.32 Å². The van der Waals surface area contributed by atoms with Crippen LogP contribution < -0.4 is 10.7 Å². The standard InChI is InChI=1S/C21H22F2N4O4/c1-11-5-6-27-16(25(11)2)10-26-9-14(18(28)19(29)17(26)21(27)31)20(30)24-8-12-3-4-13(22)7-15(12)23/h3-4,7,9,11,16,29H,5-6,8,10H2,1-2H3,(H,24,30)/t11-,16?/m0/s1. The molecule has 164 valence electrons. The van der Waals surface area contributed by atoms with E-state index in [9.17, 15) is 28.3 Å². The summed E-state index contributed by atoms with van der Waals surface area (Å²) in [6.07, 6.45) is 1.75. The number of hydrogen-bond donors (Lipinski definition) is 2. The Morgan fingerprint density at radius 2 is 2.03 bits per heavy atom. The second-order valence-electron chi connectivity index (χ2n) is 7.92. The number of hydrogen-bond acceptors (Lipinski definition) is 5. The monoisotopic (exact) mass is 432 g/mol. The lowest BCUT2D eigenvalue weighted by molar-refractivity contribution is -0.0196. The Morgan fingerprint density at radius 3 is 2.74 bits per heavy atom. The number of halogens is 2. The fourth-order valence-corrected chi connectivity index (χ4v) is 4.08. The molecule has 31 heavy (non-hydrogen) atoms. The molecule has 1 unspecified atom stereocenters. The Balaban J connectivity index is 1.63. The van der Waals surface area contributed by atoms with Crippen LogP contribution in [0.5, 0.6) is 5.75 Å². The Bertz CT molecular complexity index is 1130. The molecule has 0 radical (unpaired) electrons. The zero-order valence-electron chi connectivity index (χ0n) is 17.1. The van der Waals surface area contributed by atoms with E-state index in [4.69, 9.17) is 0 Å². The molecule has 1 aromatic carbocycles. The molecular formula is C21H22F2N4O4. The van der Waals surface area contributed by atoms with Crippen LogP contribution >= 0.6 is 0 Å². The summed E-state index contributed by atoms with van der Waals surface area (Å²) in [4.78, 5) is 41.8. The van der Waals surface area contributed by atoms with E-state index in [0.29, 0.717) is 12.6 Å². The van der Waals surface area contributed by atoms with Crippen molar-refractivity contribution in [2.45, 2.75) is 38.6 Å². The zero-order valence-corrected chi connectivity index (χ0v) is 17.1. The average molecular weight is 432 g/mol. The number of aromatic hydroxyl groups is 1. The summed E-state index contributed by atoms with van der Waals surface area (Å²) < 4.78 is 28.3. The first-order valence-corrected chi connectivity index (χ1v) is 9.90. The van der Waals surface area contributed by atoms with Crippen LogP contribution in [0.1, 0.15) is 39.8 Å². The van der Waals surface area contributed by atoms with Gasteiger partial charge in [-0.15, -0.1) is 0 Å². The van der Waals surface area contributed by atoms with E-state index < -0.39 is 34.6 Å². The van der Waals surface area contributed by atoms with Gasteiger partial charge in [-0.05, 0) is 26.5 Å². The molecule has 0 bridgehead atoms. The molecule has 1 aromatic heterocycles. The fourth-order valence-electron chi connectivity index (χ4n) is 4.08. The van der Waals surface area contributed by atoms with E-state index in [1.165, 1.54) is 16.8 Å². The Morgan fingerprint density at radius 1 is 1.29 bits per heavy atom. The zero-order chi connectivity index (χ0) is 22.4. The summed E-state index contributed by atoms with van der Waals surface area (Å²) in [7, 11) is 1.90. The second kappa shape index (κ2) is 7.77. The molecule has 10 heteroatoms. The molecule has 4 rings (SSSR count). The fraction of sp³-hybridized carbons (Fsp3) is 0.381. The Hall–Kier alpha value is -3.27. The smallest absolute Gasteiger partial charge is 0.275 e. The summed E-state index contributed by atoms with van der Waals surface area (Å²) in [5.74, 6) is -3.66. The molecule has 2 amide bonds. The number of carbonyl (C=O) groups excluding carboxylic acids is 2. The topological polar surface area (TPSA) is 94.9 Å².